The average Bonchev–Trinajstić information content (AvgIpc) is 2.80. The van der Waals surface area contributed by atoms with E-state index in [4.69, 9.17) is 11.6 Å². The van der Waals surface area contributed by atoms with Crippen LogP contribution in [-0.4, -0.2) is 15.6 Å². The number of hydrogen-bond donors (Lipinski definition) is 0. The summed E-state index contributed by atoms with van der Waals surface area (Å²) in [5.41, 5.74) is 0.346. The van der Waals surface area contributed by atoms with Crippen LogP contribution in [0.3, 0.4) is 0 Å². The Morgan fingerprint density at radius 3 is 2.94 bits per heavy atom. The summed E-state index contributed by atoms with van der Waals surface area (Å²) in [4.78, 5) is 12.2. The Bertz CT molecular complexity index is 580. The van der Waals surface area contributed by atoms with Crippen molar-refractivity contribution in [1.29, 1.82) is 0 Å². The van der Waals surface area contributed by atoms with Gasteiger partial charge in [0.05, 0.1) is 10.6 Å². The highest BCUT2D eigenvalue weighted by Crippen LogP contribution is 2.20. The van der Waals surface area contributed by atoms with Crippen LogP contribution >= 0.6 is 11.6 Å². The summed E-state index contributed by atoms with van der Waals surface area (Å²) in [6.07, 6.45) is 2.38. The van der Waals surface area contributed by atoms with E-state index in [0.29, 0.717) is 12.2 Å². The van der Waals surface area contributed by atoms with Crippen molar-refractivity contribution in [2.24, 2.45) is 0 Å². The molecule has 2 rings (SSSR count). The molecular weight excluding hydrogens is 255 g/mol. The lowest BCUT2D eigenvalue weighted by molar-refractivity contribution is 0.102. The molecule has 0 saturated heterocycles. The maximum absolute atomic E-state index is 13.8. The van der Waals surface area contributed by atoms with Crippen LogP contribution in [0.1, 0.15) is 29.4 Å². The zero-order valence-electron chi connectivity index (χ0n) is 9.86. The molecule has 0 unspecified atom stereocenters. The molecule has 0 radical (unpaired) electrons. The fraction of sp³-hybridized carbons (Fsp3) is 0.231. The Kier molecular flexibility index (Phi) is 3.77. The van der Waals surface area contributed by atoms with Gasteiger partial charge in [-0.05, 0) is 24.6 Å². The number of ketones is 1. The number of benzene rings is 1. The lowest BCUT2D eigenvalue weighted by Gasteiger charge is -2.06. The minimum atomic E-state index is -0.687. The molecule has 0 spiro atoms. The molecule has 0 aliphatic rings. The molecule has 3 nitrogen and oxygen atoms in total. The van der Waals surface area contributed by atoms with Crippen molar-refractivity contribution in [1.82, 2.24) is 9.78 Å². The lowest BCUT2D eigenvalue weighted by Crippen LogP contribution is -2.12. The minimum absolute atomic E-state index is 0.0275. The normalized spacial score (nSPS) is 10.6. The summed E-state index contributed by atoms with van der Waals surface area (Å²) in [5, 5.41) is 3.99. The molecular formula is C13H12ClFN2O. The van der Waals surface area contributed by atoms with E-state index in [1.807, 2.05) is 6.92 Å². The smallest absolute Gasteiger partial charge is 0.214 e. The first-order valence-corrected chi connectivity index (χ1v) is 6.03. The highest BCUT2D eigenvalue weighted by molar-refractivity contribution is 6.31. The van der Waals surface area contributed by atoms with Gasteiger partial charge in [0.2, 0.25) is 5.78 Å². The van der Waals surface area contributed by atoms with E-state index >= 15 is 0 Å². The lowest BCUT2D eigenvalue weighted by atomic mass is 10.1. The molecule has 18 heavy (non-hydrogen) atoms. The van der Waals surface area contributed by atoms with Crippen LogP contribution in [0.15, 0.2) is 30.5 Å². The Morgan fingerprint density at radius 2 is 2.22 bits per heavy atom. The van der Waals surface area contributed by atoms with Crippen LogP contribution in [-0.2, 0) is 6.54 Å². The molecule has 1 aromatic heterocycles. The number of hydrogen-bond acceptors (Lipinski definition) is 2. The van der Waals surface area contributed by atoms with Crippen molar-refractivity contribution < 1.29 is 9.18 Å². The Morgan fingerprint density at radius 1 is 1.44 bits per heavy atom. The molecule has 2 aromatic rings. The third-order valence-corrected chi connectivity index (χ3v) is 2.87. The summed E-state index contributed by atoms with van der Waals surface area (Å²) >= 11 is 5.67. The van der Waals surface area contributed by atoms with E-state index in [1.54, 1.807) is 16.8 Å². The van der Waals surface area contributed by atoms with Crippen LogP contribution in [0.5, 0.6) is 0 Å². The Hall–Kier alpha value is -1.68. The van der Waals surface area contributed by atoms with Crippen LogP contribution < -0.4 is 0 Å². The number of nitrogens with zero attached hydrogens (tertiary/aromatic N) is 2. The number of halogens is 2. The van der Waals surface area contributed by atoms with Crippen molar-refractivity contribution in [2.75, 3.05) is 0 Å². The maximum atomic E-state index is 13.8. The second-order valence-corrected chi connectivity index (χ2v) is 4.28. The van der Waals surface area contributed by atoms with Crippen LogP contribution in [0.25, 0.3) is 0 Å². The molecule has 5 heteroatoms. The first kappa shape index (κ1) is 12.8. The van der Waals surface area contributed by atoms with Crippen molar-refractivity contribution in [3.63, 3.8) is 0 Å². The van der Waals surface area contributed by atoms with Gasteiger partial charge in [0.25, 0.3) is 0 Å². The first-order valence-electron chi connectivity index (χ1n) is 5.65. The molecule has 1 heterocycles. The number of rotatable bonds is 4. The van der Waals surface area contributed by atoms with Gasteiger partial charge in [-0.3, -0.25) is 9.48 Å². The van der Waals surface area contributed by atoms with Gasteiger partial charge in [0.15, 0.2) is 5.82 Å². The van der Waals surface area contributed by atoms with Crippen LogP contribution in [0, 0.1) is 5.82 Å². The van der Waals surface area contributed by atoms with E-state index < -0.39 is 11.6 Å². The standard InChI is InChI=1S/C13H12ClFN2O/c1-2-8-17-11(6-7-16-17)13(18)9-4-3-5-10(14)12(9)15/h3-7H,2,8H2,1H3. The molecule has 0 bridgehead atoms. The third kappa shape index (κ3) is 2.29. The largest absolute Gasteiger partial charge is 0.287 e. The zero-order chi connectivity index (χ0) is 13.1. The molecule has 0 aliphatic carbocycles. The zero-order valence-corrected chi connectivity index (χ0v) is 10.6. The summed E-state index contributed by atoms with van der Waals surface area (Å²) < 4.78 is 15.4. The fourth-order valence-electron chi connectivity index (χ4n) is 1.73. The maximum Gasteiger partial charge on any atom is 0.214 e. The second kappa shape index (κ2) is 5.31. The summed E-state index contributed by atoms with van der Waals surface area (Å²) in [7, 11) is 0. The minimum Gasteiger partial charge on any atom is -0.287 e. The molecule has 0 amide bonds. The fourth-order valence-corrected chi connectivity index (χ4v) is 1.91. The van der Waals surface area contributed by atoms with Gasteiger partial charge >= 0.3 is 0 Å². The monoisotopic (exact) mass is 266 g/mol. The van der Waals surface area contributed by atoms with Gasteiger partial charge < -0.3 is 0 Å². The highest BCUT2D eigenvalue weighted by atomic mass is 35.5. The Balaban J connectivity index is 2.42. The molecule has 0 atom stereocenters. The van der Waals surface area contributed by atoms with Crippen LogP contribution in [0.2, 0.25) is 5.02 Å². The molecule has 0 aliphatic heterocycles. The predicted molar refractivity (Wildman–Crippen MR) is 67.4 cm³/mol. The molecule has 1 aromatic carbocycles. The van der Waals surface area contributed by atoms with Crippen molar-refractivity contribution in [3.8, 4) is 0 Å². The van der Waals surface area contributed by atoms with Crippen molar-refractivity contribution >= 4 is 17.4 Å². The predicted octanol–water partition coefficient (Wildman–Crippen LogP) is 3.32. The SMILES string of the molecule is CCCn1nccc1C(=O)c1cccc(Cl)c1F. The molecule has 94 valence electrons. The molecule has 0 fully saturated rings. The van der Waals surface area contributed by atoms with E-state index in [1.165, 1.54) is 18.3 Å². The van der Waals surface area contributed by atoms with Crippen molar-refractivity contribution in [3.05, 3.63) is 52.6 Å². The average molecular weight is 267 g/mol. The Labute approximate surface area is 109 Å². The van der Waals surface area contributed by atoms with Gasteiger partial charge in [-0.2, -0.15) is 5.10 Å². The van der Waals surface area contributed by atoms with Crippen LogP contribution in [0.4, 0.5) is 4.39 Å². The first-order chi connectivity index (χ1) is 8.65. The van der Waals surface area contributed by atoms with Gasteiger partial charge in [-0.1, -0.05) is 24.6 Å². The van der Waals surface area contributed by atoms with Gasteiger partial charge in [0.1, 0.15) is 5.69 Å². The van der Waals surface area contributed by atoms with E-state index in [0.717, 1.165) is 6.42 Å². The number of aromatic nitrogens is 2. The van der Waals surface area contributed by atoms with Gasteiger partial charge in [-0.15, -0.1) is 0 Å². The number of carbonyl (C=O) groups is 1. The van der Waals surface area contributed by atoms with Crippen molar-refractivity contribution in [2.45, 2.75) is 19.9 Å². The van der Waals surface area contributed by atoms with E-state index in [9.17, 15) is 9.18 Å². The van der Waals surface area contributed by atoms with E-state index in [2.05, 4.69) is 5.10 Å². The summed E-state index contributed by atoms with van der Waals surface area (Å²) in [6.45, 7) is 2.60. The summed E-state index contributed by atoms with van der Waals surface area (Å²) in [5.74, 6) is -1.09. The van der Waals surface area contributed by atoms with E-state index in [-0.39, 0.29) is 10.6 Å². The molecule has 0 saturated carbocycles. The van der Waals surface area contributed by atoms with Gasteiger partial charge in [0, 0.05) is 12.7 Å². The molecule has 0 N–H and O–H groups in total. The number of carbonyl (C=O) groups excluding carboxylic acids is 1. The summed E-state index contributed by atoms with van der Waals surface area (Å²) in [6, 6.07) is 5.97. The quantitative estimate of drug-likeness (QED) is 0.796. The van der Waals surface area contributed by atoms with Gasteiger partial charge in [-0.25, -0.2) is 4.39 Å². The highest BCUT2D eigenvalue weighted by Gasteiger charge is 2.19. The third-order valence-electron chi connectivity index (χ3n) is 2.58. The number of aryl methyl sites for hydroxylation is 1. The second-order valence-electron chi connectivity index (χ2n) is 3.87. The topological polar surface area (TPSA) is 34.9 Å².